The van der Waals surface area contributed by atoms with Crippen LogP contribution in [-0.2, 0) is 19.8 Å². The number of carbonyl (C=O) groups is 1. The predicted octanol–water partition coefficient (Wildman–Crippen LogP) is 3.11. The van der Waals surface area contributed by atoms with Crippen LogP contribution in [0.2, 0.25) is 0 Å². The number of benzene rings is 1. The topological polar surface area (TPSA) is 74.0 Å². The van der Waals surface area contributed by atoms with Crippen LogP contribution in [0.15, 0.2) is 41.1 Å². The maximum absolute atomic E-state index is 13.5. The van der Waals surface area contributed by atoms with Gasteiger partial charge in [0.1, 0.15) is 11.5 Å². The Labute approximate surface area is 162 Å². The fraction of sp³-hybridized carbons (Fsp3) is 0.235. The SMILES string of the molecule is CCn1ncc(Br)c1CNC(=O)c1ccn(COc2ccc(F)cc2F)n1. The summed E-state index contributed by atoms with van der Waals surface area (Å²) in [6.45, 7) is 2.81. The lowest BCUT2D eigenvalue weighted by Gasteiger charge is -2.08. The molecule has 2 heterocycles. The Morgan fingerprint density at radius 3 is 2.89 bits per heavy atom. The van der Waals surface area contributed by atoms with Crippen LogP contribution in [0.25, 0.3) is 0 Å². The van der Waals surface area contributed by atoms with Gasteiger partial charge in [-0.05, 0) is 41.1 Å². The number of rotatable bonds is 7. The second kappa shape index (κ2) is 8.30. The lowest BCUT2D eigenvalue weighted by atomic mass is 10.3. The molecule has 3 aromatic rings. The molecular formula is C17H16BrF2N5O2. The number of hydrogen-bond donors (Lipinski definition) is 1. The number of nitrogens with zero attached hydrogens (tertiary/aromatic N) is 4. The van der Waals surface area contributed by atoms with E-state index in [1.54, 1.807) is 10.9 Å². The average molecular weight is 440 g/mol. The molecule has 0 fully saturated rings. The van der Waals surface area contributed by atoms with E-state index >= 15 is 0 Å². The molecule has 0 aliphatic rings. The summed E-state index contributed by atoms with van der Waals surface area (Å²) in [7, 11) is 0. The van der Waals surface area contributed by atoms with Gasteiger partial charge in [0.15, 0.2) is 18.3 Å². The van der Waals surface area contributed by atoms with Gasteiger partial charge in [0.25, 0.3) is 5.91 Å². The van der Waals surface area contributed by atoms with Gasteiger partial charge in [-0.25, -0.2) is 13.5 Å². The van der Waals surface area contributed by atoms with Crippen molar-refractivity contribution in [3.63, 3.8) is 0 Å². The molecule has 1 N–H and O–H groups in total. The molecule has 2 aromatic heterocycles. The predicted molar refractivity (Wildman–Crippen MR) is 96.0 cm³/mol. The van der Waals surface area contributed by atoms with Crippen molar-refractivity contribution in [2.75, 3.05) is 0 Å². The van der Waals surface area contributed by atoms with Crippen LogP contribution in [0.5, 0.6) is 5.75 Å². The number of aromatic nitrogens is 4. The number of aryl methyl sites for hydroxylation is 1. The Balaban J connectivity index is 1.58. The zero-order valence-electron chi connectivity index (χ0n) is 14.3. The van der Waals surface area contributed by atoms with Crippen LogP contribution < -0.4 is 10.1 Å². The maximum Gasteiger partial charge on any atom is 0.272 e. The highest BCUT2D eigenvalue weighted by Gasteiger charge is 2.13. The summed E-state index contributed by atoms with van der Waals surface area (Å²) < 4.78 is 35.6. The molecule has 0 saturated carbocycles. The average Bonchev–Trinajstić information content (AvgIpc) is 3.25. The van der Waals surface area contributed by atoms with Gasteiger partial charge in [0, 0.05) is 18.8 Å². The van der Waals surface area contributed by atoms with E-state index in [1.165, 1.54) is 23.0 Å². The number of ether oxygens (including phenoxy) is 1. The summed E-state index contributed by atoms with van der Waals surface area (Å²) in [6, 6.07) is 4.54. The molecule has 27 heavy (non-hydrogen) atoms. The lowest BCUT2D eigenvalue weighted by molar-refractivity contribution is 0.0942. The molecule has 10 heteroatoms. The first-order valence-electron chi connectivity index (χ1n) is 8.07. The van der Waals surface area contributed by atoms with E-state index in [4.69, 9.17) is 4.74 Å². The van der Waals surface area contributed by atoms with E-state index in [2.05, 4.69) is 31.4 Å². The monoisotopic (exact) mass is 439 g/mol. The third kappa shape index (κ3) is 4.51. The smallest absolute Gasteiger partial charge is 0.272 e. The van der Waals surface area contributed by atoms with Gasteiger partial charge in [-0.3, -0.25) is 9.48 Å². The second-order valence-electron chi connectivity index (χ2n) is 5.53. The molecule has 0 unspecified atom stereocenters. The van der Waals surface area contributed by atoms with Gasteiger partial charge < -0.3 is 10.1 Å². The van der Waals surface area contributed by atoms with Gasteiger partial charge in [-0.2, -0.15) is 10.2 Å². The molecule has 1 aromatic carbocycles. The first-order chi connectivity index (χ1) is 13.0. The molecule has 0 aliphatic heterocycles. The van der Waals surface area contributed by atoms with Gasteiger partial charge in [0.05, 0.1) is 22.9 Å². The van der Waals surface area contributed by atoms with Gasteiger partial charge in [-0.1, -0.05) is 0 Å². The molecule has 3 rings (SSSR count). The molecule has 0 saturated heterocycles. The van der Waals surface area contributed by atoms with Crippen LogP contribution in [0, 0.1) is 11.6 Å². The standard InChI is InChI=1S/C17H16BrF2N5O2/c1-2-25-15(12(18)8-22-25)9-21-17(26)14-5-6-24(23-14)10-27-16-4-3-11(19)7-13(16)20/h3-8H,2,9-10H2,1H3,(H,21,26). The number of halogens is 3. The quantitative estimate of drug-likeness (QED) is 0.613. The lowest BCUT2D eigenvalue weighted by Crippen LogP contribution is -2.25. The zero-order valence-corrected chi connectivity index (χ0v) is 15.9. The van der Waals surface area contributed by atoms with Crippen molar-refractivity contribution < 1.29 is 18.3 Å². The largest absolute Gasteiger partial charge is 0.468 e. The summed E-state index contributed by atoms with van der Waals surface area (Å²) in [5.41, 5.74) is 1.04. The van der Waals surface area contributed by atoms with Crippen molar-refractivity contribution in [2.45, 2.75) is 26.7 Å². The fourth-order valence-corrected chi connectivity index (χ4v) is 2.81. The Kier molecular flexibility index (Phi) is 5.84. The second-order valence-corrected chi connectivity index (χ2v) is 6.38. The first-order valence-corrected chi connectivity index (χ1v) is 8.87. The summed E-state index contributed by atoms with van der Waals surface area (Å²) in [4.78, 5) is 12.3. The Morgan fingerprint density at radius 1 is 1.33 bits per heavy atom. The van der Waals surface area contributed by atoms with Crippen LogP contribution >= 0.6 is 15.9 Å². The van der Waals surface area contributed by atoms with Gasteiger partial charge in [-0.15, -0.1) is 0 Å². The van der Waals surface area contributed by atoms with Crippen molar-refractivity contribution in [3.8, 4) is 5.75 Å². The van der Waals surface area contributed by atoms with E-state index in [9.17, 15) is 13.6 Å². The van der Waals surface area contributed by atoms with E-state index in [1.807, 2.05) is 6.92 Å². The van der Waals surface area contributed by atoms with Gasteiger partial charge in [0.2, 0.25) is 0 Å². The number of amides is 1. The van der Waals surface area contributed by atoms with Gasteiger partial charge >= 0.3 is 0 Å². The minimum Gasteiger partial charge on any atom is -0.468 e. The number of nitrogens with one attached hydrogen (secondary N) is 1. The van der Waals surface area contributed by atoms with Crippen molar-refractivity contribution in [1.82, 2.24) is 24.9 Å². The third-order valence-electron chi connectivity index (χ3n) is 3.73. The van der Waals surface area contributed by atoms with Crippen molar-refractivity contribution in [1.29, 1.82) is 0 Å². The molecule has 0 spiro atoms. The summed E-state index contributed by atoms with van der Waals surface area (Å²) in [5, 5.41) is 11.0. The highest BCUT2D eigenvalue weighted by Crippen LogP contribution is 2.18. The Morgan fingerprint density at radius 2 is 2.15 bits per heavy atom. The van der Waals surface area contributed by atoms with Crippen LogP contribution in [0.3, 0.4) is 0 Å². The minimum absolute atomic E-state index is 0.101. The van der Waals surface area contributed by atoms with E-state index in [0.29, 0.717) is 6.54 Å². The molecule has 142 valence electrons. The van der Waals surface area contributed by atoms with Crippen molar-refractivity contribution >= 4 is 21.8 Å². The number of hydrogen-bond acceptors (Lipinski definition) is 4. The molecule has 0 atom stereocenters. The molecule has 0 aliphatic carbocycles. The zero-order chi connectivity index (χ0) is 19.4. The third-order valence-corrected chi connectivity index (χ3v) is 4.40. The Bertz CT molecular complexity index is 957. The highest BCUT2D eigenvalue weighted by molar-refractivity contribution is 9.10. The van der Waals surface area contributed by atoms with Crippen LogP contribution in [0.4, 0.5) is 8.78 Å². The van der Waals surface area contributed by atoms with Crippen molar-refractivity contribution in [2.24, 2.45) is 0 Å². The summed E-state index contributed by atoms with van der Waals surface area (Å²) in [6.07, 6.45) is 3.20. The fourth-order valence-electron chi connectivity index (χ4n) is 2.37. The van der Waals surface area contributed by atoms with Crippen LogP contribution in [0.1, 0.15) is 23.1 Å². The number of carbonyl (C=O) groups excluding carboxylic acids is 1. The molecular weight excluding hydrogens is 424 g/mol. The van der Waals surface area contributed by atoms with Crippen molar-refractivity contribution in [3.05, 3.63) is 64.2 Å². The highest BCUT2D eigenvalue weighted by atomic mass is 79.9. The summed E-state index contributed by atoms with van der Waals surface area (Å²) >= 11 is 3.40. The van der Waals surface area contributed by atoms with E-state index < -0.39 is 11.6 Å². The molecule has 0 radical (unpaired) electrons. The maximum atomic E-state index is 13.5. The first kappa shape index (κ1) is 19.0. The van der Waals surface area contributed by atoms with E-state index in [0.717, 1.165) is 22.3 Å². The van der Waals surface area contributed by atoms with Crippen LogP contribution in [-0.4, -0.2) is 25.5 Å². The molecule has 7 nitrogen and oxygen atoms in total. The summed E-state index contributed by atoms with van der Waals surface area (Å²) in [5.74, 6) is -1.96. The molecule has 0 bridgehead atoms. The van der Waals surface area contributed by atoms with E-state index in [-0.39, 0.29) is 30.6 Å². The minimum atomic E-state index is -0.807. The Hall–Kier alpha value is -2.75. The normalized spacial score (nSPS) is 10.8. The molecule has 1 amide bonds.